The second-order valence-corrected chi connectivity index (χ2v) is 5.40. The highest BCUT2D eigenvalue weighted by molar-refractivity contribution is 7.15. The number of anilines is 1. The first-order valence-electron chi connectivity index (χ1n) is 5.51. The highest BCUT2D eigenvalue weighted by Gasteiger charge is 2.11. The summed E-state index contributed by atoms with van der Waals surface area (Å²) in [6.07, 6.45) is 0.971. The van der Waals surface area contributed by atoms with Crippen molar-refractivity contribution in [2.45, 2.75) is 26.3 Å². The van der Waals surface area contributed by atoms with Crippen LogP contribution in [0.1, 0.15) is 30.0 Å². The van der Waals surface area contributed by atoms with E-state index in [9.17, 15) is 0 Å². The molecule has 0 aliphatic heterocycles. The smallest absolute Gasteiger partial charge is 0.206 e. The Balaban J connectivity index is 2.16. The van der Waals surface area contributed by atoms with Crippen LogP contribution in [-0.4, -0.2) is 10.2 Å². The number of rotatable bonds is 4. The van der Waals surface area contributed by atoms with Crippen LogP contribution in [0.2, 0.25) is 5.02 Å². The molecule has 2 aromatic rings. The van der Waals surface area contributed by atoms with Gasteiger partial charge in [0.15, 0.2) is 0 Å². The molecule has 0 bridgehead atoms. The lowest BCUT2D eigenvalue weighted by Crippen LogP contribution is -2.09. The maximum atomic E-state index is 6.00. The standard InChI is InChI=1S/C12H14ClN3S/c1-3-11(9-5-4-6-10(13)7-9)14-12-16-15-8(2)17-12/h4-7,11H,3H2,1-2H3,(H,14,16). The SMILES string of the molecule is CCC(Nc1nnc(C)s1)c1cccc(Cl)c1. The predicted octanol–water partition coefficient (Wildman–Crippen LogP) is 4.06. The summed E-state index contributed by atoms with van der Waals surface area (Å²) in [6, 6.07) is 8.12. The Hall–Kier alpha value is -1.13. The van der Waals surface area contributed by atoms with Crippen LogP contribution >= 0.6 is 22.9 Å². The van der Waals surface area contributed by atoms with E-state index in [0.717, 1.165) is 21.6 Å². The number of benzene rings is 1. The molecule has 0 aliphatic carbocycles. The normalized spacial score (nSPS) is 12.4. The maximum Gasteiger partial charge on any atom is 0.206 e. The minimum Gasteiger partial charge on any atom is -0.353 e. The van der Waals surface area contributed by atoms with Crippen molar-refractivity contribution in [3.8, 4) is 0 Å². The van der Waals surface area contributed by atoms with Crippen molar-refractivity contribution >= 4 is 28.1 Å². The lowest BCUT2D eigenvalue weighted by Gasteiger charge is -2.16. The zero-order valence-corrected chi connectivity index (χ0v) is 11.3. The van der Waals surface area contributed by atoms with Crippen LogP contribution in [0.25, 0.3) is 0 Å². The van der Waals surface area contributed by atoms with Crippen molar-refractivity contribution in [3.63, 3.8) is 0 Å². The van der Waals surface area contributed by atoms with Crippen molar-refractivity contribution in [1.29, 1.82) is 0 Å². The third kappa shape index (κ3) is 3.17. The summed E-state index contributed by atoms with van der Waals surface area (Å²) in [6.45, 7) is 4.08. The van der Waals surface area contributed by atoms with E-state index in [1.54, 1.807) is 11.3 Å². The van der Waals surface area contributed by atoms with E-state index in [0.29, 0.717) is 0 Å². The van der Waals surface area contributed by atoms with Crippen LogP contribution in [0.15, 0.2) is 24.3 Å². The summed E-state index contributed by atoms with van der Waals surface area (Å²) in [5.41, 5.74) is 1.17. The molecule has 2 rings (SSSR count). The lowest BCUT2D eigenvalue weighted by atomic mass is 10.1. The molecule has 0 saturated heterocycles. The number of aromatic nitrogens is 2. The third-order valence-corrected chi connectivity index (χ3v) is 3.49. The van der Waals surface area contributed by atoms with Gasteiger partial charge in [-0.3, -0.25) is 0 Å². The number of halogens is 1. The Labute approximate surface area is 110 Å². The Morgan fingerprint density at radius 2 is 2.24 bits per heavy atom. The monoisotopic (exact) mass is 267 g/mol. The van der Waals surface area contributed by atoms with Gasteiger partial charge in [-0.2, -0.15) is 0 Å². The maximum absolute atomic E-state index is 6.00. The first-order valence-corrected chi connectivity index (χ1v) is 6.70. The fraction of sp³-hybridized carbons (Fsp3) is 0.333. The van der Waals surface area contributed by atoms with E-state index in [2.05, 4.69) is 28.5 Å². The Kier molecular flexibility index (Phi) is 3.97. The van der Waals surface area contributed by atoms with E-state index in [-0.39, 0.29) is 6.04 Å². The first kappa shape index (κ1) is 12.3. The van der Waals surface area contributed by atoms with Crippen LogP contribution < -0.4 is 5.32 Å². The molecule has 1 heterocycles. The van der Waals surface area contributed by atoms with Gasteiger partial charge in [0.2, 0.25) is 5.13 Å². The van der Waals surface area contributed by atoms with Crippen molar-refractivity contribution < 1.29 is 0 Å². The summed E-state index contributed by atoms with van der Waals surface area (Å²) >= 11 is 7.56. The van der Waals surface area contributed by atoms with Crippen LogP contribution in [0, 0.1) is 6.92 Å². The molecule has 1 N–H and O–H groups in total. The number of hydrogen-bond donors (Lipinski definition) is 1. The van der Waals surface area contributed by atoms with Gasteiger partial charge in [0, 0.05) is 5.02 Å². The number of nitrogens with zero attached hydrogens (tertiary/aromatic N) is 2. The molecule has 0 spiro atoms. The summed E-state index contributed by atoms with van der Waals surface area (Å²) in [7, 11) is 0. The van der Waals surface area contributed by atoms with Crippen LogP contribution in [-0.2, 0) is 0 Å². The molecule has 0 amide bonds. The number of nitrogens with one attached hydrogen (secondary N) is 1. The summed E-state index contributed by atoms with van der Waals surface area (Å²) in [5, 5.41) is 14.0. The van der Waals surface area contributed by atoms with Gasteiger partial charge in [0.1, 0.15) is 5.01 Å². The van der Waals surface area contributed by atoms with Gasteiger partial charge in [-0.1, -0.05) is 42.0 Å². The predicted molar refractivity (Wildman–Crippen MR) is 72.8 cm³/mol. The second kappa shape index (κ2) is 5.47. The van der Waals surface area contributed by atoms with Gasteiger partial charge in [-0.05, 0) is 31.0 Å². The second-order valence-electron chi connectivity index (χ2n) is 3.79. The fourth-order valence-corrected chi connectivity index (χ4v) is 2.49. The van der Waals surface area contributed by atoms with E-state index in [1.165, 1.54) is 5.56 Å². The van der Waals surface area contributed by atoms with Gasteiger partial charge in [0.05, 0.1) is 6.04 Å². The van der Waals surface area contributed by atoms with Gasteiger partial charge in [-0.25, -0.2) is 0 Å². The Morgan fingerprint density at radius 1 is 1.41 bits per heavy atom. The van der Waals surface area contributed by atoms with Crippen LogP contribution in [0.3, 0.4) is 0 Å². The molecule has 0 saturated carbocycles. The van der Waals surface area contributed by atoms with Crippen molar-refractivity contribution in [3.05, 3.63) is 39.9 Å². The molecule has 1 unspecified atom stereocenters. The molecule has 17 heavy (non-hydrogen) atoms. The van der Waals surface area contributed by atoms with Crippen LogP contribution in [0.4, 0.5) is 5.13 Å². The highest BCUT2D eigenvalue weighted by Crippen LogP contribution is 2.26. The van der Waals surface area contributed by atoms with Gasteiger partial charge < -0.3 is 5.32 Å². The summed E-state index contributed by atoms with van der Waals surface area (Å²) in [5.74, 6) is 0. The molecule has 5 heteroatoms. The highest BCUT2D eigenvalue weighted by atomic mass is 35.5. The van der Waals surface area contributed by atoms with Crippen molar-refractivity contribution in [2.75, 3.05) is 5.32 Å². The number of aryl methyl sites for hydroxylation is 1. The van der Waals surface area contributed by atoms with Crippen LogP contribution in [0.5, 0.6) is 0 Å². The summed E-state index contributed by atoms with van der Waals surface area (Å²) < 4.78 is 0. The molecule has 1 aromatic carbocycles. The largest absolute Gasteiger partial charge is 0.353 e. The fourth-order valence-electron chi connectivity index (χ4n) is 1.65. The van der Waals surface area contributed by atoms with E-state index < -0.39 is 0 Å². The van der Waals surface area contributed by atoms with E-state index in [1.807, 2.05) is 25.1 Å². The van der Waals surface area contributed by atoms with Crippen molar-refractivity contribution in [1.82, 2.24) is 10.2 Å². The lowest BCUT2D eigenvalue weighted by molar-refractivity contribution is 0.745. The third-order valence-electron chi connectivity index (χ3n) is 2.48. The minimum atomic E-state index is 0.223. The molecular formula is C12H14ClN3S. The molecule has 0 aliphatic rings. The van der Waals surface area contributed by atoms with E-state index >= 15 is 0 Å². The van der Waals surface area contributed by atoms with Gasteiger partial charge >= 0.3 is 0 Å². The average molecular weight is 268 g/mol. The first-order chi connectivity index (χ1) is 8.19. The molecule has 1 atom stereocenters. The molecule has 0 fully saturated rings. The van der Waals surface area contributed by atoms with Gasteiger partial charge in [-0.15, -0.1) is 10.2 Å². The Bertz CT molecular complexity index is 498. The molecule has 90 valence electrons. The topological polar surface area (TPSA) is 37.8 Å². The summed E-state index contributed by atoms with van der Waals surface area (Å²) in [4.78, 5) is 0. The quantitative estimate of drug-likeness (QED) is 0.908. The average Bonchev–Trinajstić information content (AvgIpc) is 2.72. The van der Waals surface area contributed by atoms with Crippen molar-refractivity contribution in [2.24, 2.45) is 0 Å². The zero-order chi connectivity index (χ0) is 12.3. The Morgan fingerprint density at radius 3 is 2.82 bits per heavy atom. The molecule has 3 nitrogen and oxygen atoms in total. The zero-order valence-electron chi connectivity index (χ0n) is 9.77. The molecule has 0 radical (unpaired) electrons. The van der Waals surface area contributed by atoms with Gasteiger partial charge in [0.25, 0.3) is 0 Å². The molecule has 1 aromatic heterocycles. The minimum absolute atomic E-state index is 0.223. The molecular weight excluding hydrogens is 254 g/mol. The van der Waals surface area contributed by atoms with E-state index in [4.69, 9.17) is 11.6 Å². The number of hydrogen-bond acceptors (Lipinski definition) is 4.